The van der Waals surface area contributed by atoms with E-state index in [0.29, 0.717) is 22.3 Å². The van der Waals surface area contributed by atoms with Crippen molar-refractivity contribution >= 4 is 11.6 Å². The van der Waals surface area contributed by atoms with E-state index in [4.69, 9.17) is 5.11 Å². The van der Waals surface area contributed by atoms with Crippen LogP contribution in [0.25, 0.3) is 0 Å². The number of Topliss-reactive ketones (excluding diaryl/α,β-unsaturated/α-hetero) is 2. The summed E-state index contributed by atoms with van der Waals surface area (Å²) in [5.74, 6) is -2.33. The molecule has 0 saturated heterocycles. The Hall–Kier alpha value is -2.46. The number of aryl methyl sites for hydroxylation is 2. The zero-order valence-electron chi connectivity index (χ0n) is 18.5. The van der Waals surface area contributed by atoms with Crippen molar-refractivity contribution < 1.29 is 40.2 Å². The predicted octanol–water partition coefficient (Wildman–Crippen LogP) is 0.153. The molecule has 0 heterocycles. The molecule has 174 valence electrons. The van der Waals surface area contributed by atoms with Crippen molar-refractivity contribution in [1.29, 1.82) is 0 Å². The van der Waals surface area contributed by atoms with Crippen LogP contribution in [-0.4, -0.2) is 78.8 Å². The highest BCUT2D eigenvalue weighted by Gasteiger charge is 2.55. The molecule has 0 unspecified atom stereocenters. The van der Waals surface area contributed by atoms with Crippen molar-refractivity contribution in [3.05, 3.63) is 69.8 Å². The van der Waals surface area contributed by atoms with Crippen LogP contribution >= 0.6 is 0 Å². The van der Waals surface area contributed by atoms with Gasteiger partial charge in [-0.3, -0.25) is 9.59 Å². The van der Waals surface area contributed by atoms with Gasteiger partial charge in [0.25, 0.3) is 0 Å². The highest BCUT2D eigenvalue weighted by Crippen LogP contribution is 2.30. The van der Waals surface area contributed by atoms with E-state index in [2.05, 4.69) is 0 Å². The van der Waals surface area contributed by atoms with Crippen molar-refractivity contribution in [2.24, 2.45) is 0 Å². The lowest BCUT2D eigenvalue weighted by atomic mass is 9.76. The van der Waals surface area contributed by atoms with Gasteiger partial charge in [0.15, 0.2) is 0 Å². The second-order valence-electron chi connectivity index (χ2n) is 8.10. The molecule has 32 heavy (non-hydrogen) atoms. The number of hydrogen-bond donors (Lipinski definition) is 6. The van der Waals surface area contributed by atoms with E-state index in [1.807, 2.05) is 0 Å². The molecule has 8 nitrogen and oxygen atoms in total. The molecule has 0 aliphatic rings. The maximum atomic E-state index is 13.5. The summed E-state index contributed by atoms with van der Waals surface area (Å²) in [6, 6.07) is 9.31. The van der Waals surface area contributed by atoms with E-state index in [1.165, 1.54) is 12.1 Å². The average Bonchev–Trinajstić information content (AvgIpc) is 2.79. The summed E-state index contributed by atoms with van der Waals surface area (Å²) in [5, 5.41) is 61.5. The number of ketones is 2. The highest BCUT2D eigenvalue weighted by atomic mass is 16.4. The molecule has 6 N–H and O–H groups in total. The summed E-state index contributed by atoms with van der Waals surface area (Å²) in [5.41, 5.74) is -0.965. The van der Waals surface area contributed by atoms with E-state index in [1.54, 1.807) is 52.0 Å². The third kappa shape index (κ3) is 4.52. The summed E-state index contributed by atoms with van der Waals surface area (Å²) in [6.45, 7) is 5.71. The number of hydrogen-bond acceptors (Lipinski definition) is 8. The van der Waals surface area contributed by atoms with Gasteiger partial charge in [0.05, 0.1) is 6.61 Å². The Kier molecular flexibility index (Phi) is 8.06. The number of aliphatic hydroxyl groups excluding tert-OH is 5. The van der Waals surface area contributed by atoms with Gasteiger partial charge in [-0.1, -0.05) is 36.4 Å². The van der Waals surface area contributed by atoms with Crippen molar-refractivity contribution in [3.63, 3.8) is 0 Å². The van der Waals surface area contributed by atoms with E-state index >= 15 is 0 Å². The summed E-state index contributed by atoms with van der Waals surface area (Å²) < 4.78 is 0. The first-order valence-corrected chi connectivity index (χ1v) is 10.2. The van der Waals surface area contributed by atoms with E-state index in [-0.39, 0.29) is 11.1 Å². The van der Waals surface area contributed by atoms with Gasteiger partial charge < -0.3 is 30.6 Å². The van der Waals surface area contributed by atoms with E-state index in [0.717, 1.165) is 0 Å². The monoisotopic (exact) mass is 446 g/mol. The molecule has 0 fully saturated rings. The van der Waals surface area contributed by atoms with Crippen molar-refractivity contribution in [2.45, 2.75) is 57.7 Å². The molecule has 0 saturated carbocycles. The molecule has 0 aliphatic heterocycles. The number of carbonyl (C=O) groups is 2. The lowest BCUT2D eigenvalue weighted by Crippen LogP contribution is -2.63. The summed E-state index contributed by atoms with van der Waals surface area (Å²) in [6.07, 6.45) is -8.86. The first-order chi connectivity index (χ1) is 14.9. The molecule has 8 heteroatoms. The molecule has 2 rings (SSSR count). The number of rotatable bonds is 9. The Bertz CT molecular complexity index is 936. The largest absolute Gasteiger partial charge is 0.394 e. The first-order valence-electron chi connectivity index (χ1n) is 10.2. The maximum absolute atomic E-state index is 13.5. The molecule has 0 amide bonds. The molecule has 0 radical (unpaired) electrons. The number of carbonyl (C=O) groups excluding carboxylic acids is 2. The molecular weight excluding hydrogens is 416 g/mol. The molecule has 4 atom stereocenters. The molecule has 0 bridgehead atoms. The van der Waals surface area contributed by atoms with Crippen molar-refractivity contribution in [1.82, 2.24) is 0 Å². The van der Waals surface area contributed by atoms with E-state index in [9.17, 15) is 35.1 Å². The van der Waals surface area contributed by atoms with Gasteiger partial charge in [0, 0.05) is 11.1 Å². The fourth-order valence-corrected chi connectivity index (χ4v) is 3.55. The minimum atomic E-state index is -3.19. The molecule has 0 spiro atoms. The highest BCUT2D eigenvalue weighted by molar-refractivity contribution is 6.23. The van der Waals surface area contributed by atoms with Gasteiger partial charge >= 0.3 is 0 Å². The van der Waals surface area contributed by atoms with Crippen molar-refractivity contribution in [2.75, 3.05) is 6.61 Å². The van der Waals surface area contributed by atoms with Gasteiger partial charge in [0.1, 0.15) is 24.4 Å². The lowest BCUT2D eigenvalue weighted by molar-refractivity contribution is -0.148. The van der Waals surface area contributed by atoms with Gasteiger partial charge in [-0.05, 0) is 49.9 Å². The smallest absolute Gasteiger partial charge is 0.219 e. The van der Waals surface area contributed by atoms with Gasteiger partial charge in [-0.2, -0.15) is 0 Å². The molecule has 0 aliphatic carbocycles. The zero-order chi connectivity index (χ0) is 24.4. The lowest BCUT2D eigenvalue weighted by Gasteiger charge is -2.36. The first kappa shape index (κ1) is 25.8. The van der Waals surface area contributed by atoms with Crippen LogP contribution in [0.4, 0.5) is 0 Å². The van der Waals surface area contributed by atoms with Crippen LogP contribution < -0.4 is 0 Å². The van der Waals surface area contributed by atoms with Crippen LogP contribution in [0.2, 0.25) is 0 Å². The Balaban J connectivity index is 2.70. The fraction of sp³-hybridized carbons (Fsp3) is 0.417. The maximum Gasteiger partial charge on any atom is 0.219 e. The molecule has 2 aromatic carbocycles. The van der Waals surface area contributed by atoms with Crippen LogP contribution in [0, 0.1) is 27.7 Å². The van der Waals surface area contributed by atoms with Crippen LogP contribution in [0.3, 0.4) is 0 Å². The third-order valence-corrected chi connectivity index (χ3v) is 6.07. The molecule has 2 aromatic rings. The quantitative estimate of drug-likeness (QED) is 0.235. The summed E-state index contributed by atoms with van der Waals surface area (Å²) >= 11 is 0. The van der Waals surface area contributed by atoms with Crippen LogP contribution in [-0.2, 0) is 0 Å². The van der Waals surface area contributed by atoms with Crippen LogP contribution in [0.15, 0.2) is 36.4 Å². The third-order valence-electron chi connectivity index (χ3n) is 6.07. The number of benzene rings is 2. The Morgan fingerprint density at radius 1 is 0.781 bits per heavy atom. The zero-order valence-corrected chi connectivity index (χ0v) is 18.5. The minimum absolute atomic E-state index is 0.0467. The van der Waals surface area contributed by atoms with Crippen LogP contribution in [0.1, 0.15) is 43.0 Å². The molecule has 0 aromatic heterocycles. The van der Waals surface area contributed by atoms with Crippen LogP contribution in [0.5, 0.6) is 0 Å². The van der Waals surface area contributed by atoms with E-state index < -0.39 is 48.2 Å². The topological polar surface area (TPSA) is 156 Å². The summed E-state index contributed by atoms with van der Waals surface area (Å²) in [7, 11) is 0. The number of aliphatic hydroxyl groups is 6. The second kappa shape index (κ2) is 9.99. The fourth-order valence-electron chi connectivity index (χ4n) is 3.55. The SMILES string of the molecule is Cc1cccc(C(=O)C(O)(C(=O)c2cccc(C)c2C)[C@H](O)[C@H](O)[C@H](O)[C@@H](O)CO)c1C. The van der Waals surface area contributed by atoms with Gasteiger partial charge in [-0.15, -0.1) is 0 Å². The Morgan fingerprint density at radius 3 is 1.56 bits per heavy atom. The van der Waals surface area contributed by atoms with Gasteiger partial charge in [-0.25, -0.2) is 0 Å². The Labute approximate surface area is 186 Å². The standard InChI is InChI=1S/C24H30O8/c1-12-7-5-9-16(14(12)3)21(29)24(32,23(31)20(28)19(27)18(26)11-25)22(30)17-10-6-8-13(2)15(17)4/h5-10,18-20,23,25-28,31-32H,11H2,1-4H3/t18-,19+,20+,23+/m0/s1. The minimum Gasteiger partial charge on any atom is -0.394 e. The normalized spacial score (nSPS) is 15.7. The Morgan fingerprint density at radius 2 is 1.19 bits per heavy atom. The average molecular weight is 446 g/mol. The van der Waals surface area contributed by atoms with Crippen molar-refractivity contribution in [3.8, 4) is 0 Å². The second-order valence-corrected chi connectivity index (χ2v) is 8.10. The van der Waals surface area contributed by atoms with Gasteiger partial charge in [0.2, 0.25) is 17.2 Å². The predicted molar refractivity (Wildman–Crippen MR) is 117 cm³/mol. The summed E-state index contributed by atoms with van der Waals surface area (Å²) in [4.78, 5) is 27.0. The molecular formula is C24H30O8.